The van der Waals surface area contributed by atoms with Gasteiger partial charge >= 0.3 is 0 Å². The van der Waals surface area contributed by atoms with Gasteiger partial charge in [0, 0.05) is 6.54 Å². The first-order chi connectivity index (χ1) is 4.70. The van der Waals surface area contributed by atoms with E-state index in [4.69, 9.17) is 10.8 Å². The molecule has 1 aliphatic heterocycles. The largest absolute Gasteiger partial charge is 0.393 e. The summed E-state index contributed by atoms with van der Waals surface area (Å²) in [6.07, 6.45) is 0.661. The van der Waals surface area contributed by atoms with E-state index in [1.807, 2.05) is 0 Å². The van der Waals surface area contributed by atoms with E-state index in [0.29, 0.717) is 19.4 Å². The van der Waals surface area contributed by atoms with Gasteiger partial charge in [0.05, 0.1) is 6.10 Å². The molecule has 4 heteroatoms. The van der Waals surface area contributed by atoms with Crippen LogP contribution in [0.2, 0.25) is 0 Å². The number of hydrogen-bond donors (Lipinski definition) is 2. The number of carbonyl (C=O) groups excluding carboxylic acids is 1. The number of carbonyl (C=O) groups is 1. The molecule has 0 aromatic heterocycles. The third-order valence-electron chi connectivity index (χ3n) is 1.64. The SMILES string of the molecule is NC(=O)C1CC(O)CC[N]1. The number of aliphatic hydroxyl groups is 1. The monoisotopic (exact) mass is 143 g/mol. The molecule has 10 heavy (non-hydrogen) atoms. The van der Waals surface area contributed by atoms with Crippen molar-refractivity contribution >= 4 is 5.91 Å². The zero-order valence-corrected chi connectivity index (χ0v) is 5.66. The quantitative estimate of drug-likeness (QED) is 0.473. The first-order valence-electron chi connectivity index (χ1n) is 3.34. The number of hydrogen-bond acceptors (Lipinski definition) is 2. The molecule has 0 saturated carbocycles. The molecular weight excluding hydrogens is 132 g/mol. The van der Waals surface area contributed by atoms with Crippen molar-refractivity contribution in [2.45, 2.75) is 25.0 Å². The average molecular weight is 143 g/mol. The molecule has 0 bridgehead atoms. The van der Waals surface area contributed by atoms with Crippen LogP contribution >= 0.6 is 0 Å². The molecule has 0 aromatic rings. The van der Waals surface area contributed by atoms with Crippen molar-refractivity contribution in [2.24, 2.45) is 5.73 Å². The third kappa shape index (κ3) is 1.68. The Bertz CT molecular complexity index is 138. The van der Waals surface area contributed by atoms with Gasteiger partial charge in [0.25, 0.3) is 0 Å². The maximum atomic E-state index is 10.5. The maximum absolute atomic E-state index is 10.5. The Morgan fingerprint density at radius 2 is 2.40 bits per heavy atom. The van der Waals surface area contributed by atoms with Crippen molar-refractivity contribution in [1.29, 1.82) is 0 Å². The van der Waals surface area contributed by atoms with Crippen LogP contribution in [0, 0.1) is 0 Å². The van der Waals surface area contributed by atoms with Crippen LogP contribution in [-0.4, -0.2) is 29.7 Å². The molecule has 57 valence electrons. The van der Waals surface area contributed by atoms with E-state index in [0.717, 1.165) is 0 Å². The van der Waals surface area contributed by atoms with Gasteiger partial charge in [-0.15, -0.1) is 0 Å². The molecule has 1 fully saturated rings. The van der Waals surface area contributed by atoms with Crippen molar-refractivity contribution in [3.63, 3.8) is 0 Å². The zero-order valence-electron chi connectivity index (χ0n) is 5.66. The molecule has 2 atom stereocenters. The number of aliphatic hydroxyl groups excluding tert-OH is 1. The predicted octanol–water partition coefficient (Wildman–Crippen LogP) is -1.40. The van der Waals surface area contributed by atoms with E-state index in [2.05, 4.69) is 5.32 Å². The summed E-state index contributed by atoms with van der Waals surface area (Å²) in [5.41, 5.74) is 4.99. The van der Waals surface area contributed by atoms with Crippen molar-refractivity contribution in [1.82, 2.24) is 5.32 Å². The smallest absolute Gasteiger partial charge is 0.236 e. The lowest BCUT2D eigenvalue weighted by Gasteiger charge is -2.22. The van der Waals surface area contributed by atoms with E-state index >= 15 is 0 Å². The second-order valence-corrected chi connectivity index (χ2v) is 2.50. The van der Waals surface area contributed by atoms with Crippen LogP contribution in [0.4, 0.5) is 0 Å². The lowest BCUT2D eigenvalue weighted by Crippen LogP contribution is -2.44. The molecular formula is C6H11N2O2. The van der Waals surface area contributed by atoms with E-state index in [1.165, 1.54) is 0 Å². The summed E-state index contributed by atoms with van der Waals surface area (Å²) in [6.45, 7) is 0.550. The summed E-state index contributed by atoms with van der Waals surface area (Å²) in [5.74, 6) is -0.432. The van der Waals surface area contributed by atoms with Gasteiger partial charge in [0.1, 0.15) is 6.04 Å². The van der Waals surface area contributed by atoms with Crippen LogP contribution in [0.5, 0.6) is 0 Å². The summed E-state index contributed by atoms with van der Waals surface area (Å²) in [7, 11) is 0. The molecule has 2 unspecified atom stereocenters. The van der Waals surface area contributed by atoms with Crippen LogP contribution in [-0.2, 0) is 4.79 Å². The van der Waals surface area contributed by atoms with Gasteiger partial charge < -0.3 is 10.8 Å². The lowest BCUT2D eigenvalue weighted by molar-refractivity contribution is -0.121. The van der Waals surface area contributed by atoms with E-state index in [1.54, 1.807) is 0 Å². The van der Waals surface area contributed by atoms with E-state index < -0.39 is 18.1 Å². The first kappa shape index (κ1) is 7.50. The molecule has 1 rings (SSSR count). The zero-order chi connectivity index (χ0) is 7.56. The highest BCUT2D eigenvalue weighted by atomic mass is 16.3. The molecule has 0 aromatic carbocycles. The fraction of sp³-hybridized carbons (Fsp3) is 0.833. The maximum Gasteiger partial charge on any atom is 0.236 e. The minimum Gasteiger partial charge on any atom is -0.393 e. The fourth-order valence-corrected chi connectivity index (χ4v) is 1.04. The highest BCUT2D eigenvalue weighted by molar-refractivity contribution is 5.79. The van der Waals surface area contributed by atoms with Gasteiger partial charge in [-0.1, -0.05) is 0 Å². The molecule has 1 saturated heterocycles. The van der Waals surface area contributed by atoms with E-state index in [9.17, 15) is 4.79 Å². The molecule has 0 spiro atoms. The Labute approximate surface area is 59.4 Å². The molecule has 0 aliphatic carbocycles. The second-order valence-electron chi connectivity index (χ2n) is 2.50. The van der Waals surface area contributed by atoms with Crippen LogP contribution in [0.1, 0.15) is 12.8 Å². The molecule has 4 nitrogen and oxygen atoms in total. The second kappa shape index (κ2) is 2.98. The first-order valence-corrected chi connectivity index (χ1v) is 3.34. The number of rotatable bonds is 1. The molecule has 1 heterocycles. The Morgan fingerprint density at radius 3 is 2.80 bits per heavy atom. The van der Waals surface area contributed by atoms with Crippen LogP contribution in [0.15, 0.2) is 0 Å². The number of primary amides is 1. The number of nitrogens with zero attached hydrogens (tertiary/aromatic N) is 1. The Morgan fingerprint density at radius 1 is 1.70 bits per heavy atom. The van der Waals surface area contributed by atoms with Crippen LogP contribution < -0.4 is 11.1 Å². The van der Waals surface area contributed by atoms with Gasteiger partial charge in [-0.2, -0.15) is 0 Å². The van der Waals surface area contributed by atoms with Gasteiger partial charge in [-0.25, -0.2) is 5.32 Å². The van der Waals surface area contributed by atoms with Gasteiger partial charge in [0.2, 0.25) is 5.91 Å². The number of nitrogens with two attached hydrogens (primary N) is 1. The van der Waals surface area contributed by atoms with Gasteiger partial charge in [-0.05, 0) is 12.8 Å². The van der Waals surface area contributed by atoms with Gasteiger partial charge in [0.15, 0.2) is 0 Å². The van der Waals surface area contributed by atoms with Crippen molar-refractivity contribution in [3.8, 4) is 0 Å². The summed E-state index contributed by atoms with van der Waals surface area (Å²) in [4.78, 5) is 10.5. The standard InChI is InChI=1S/C6H11N2O2/c7-6(10)5-3-4(9)1-2-8-5/h4-5,9H,1-3H2,(H2,7,10). The third-order valence-corrected chi connectivity index (χ3v) is 1.64. The van der Waals surface area contributed by atoms with Crippen LogP contribution in [0.3, 0.4) is 0 Å². The number of piperidine rings is 1. The lowest BCUT2D eigenvalue weighted by atomic mass is 10.0. The Hall–Kier alpha value is -0.610. The van der Waals surface area contributed by atoms with Crippen molar-refractivity contribution in [2.75, 3.05) is 6.54 Å². The van der Waals surface area contributed by atoms with Gasteiger partial charge in [-0.3, -0.25) is 4.79 Å². The summed E-state index contributed by atoms with van der Waals surface area (Å²) in [6, 6.07) is -0.455. The minimum atomic E-state index is -0.455. The summed E-state index contributed by atoms with van der Waals surface area (Å²) in [5, 5.41) is 13.0. The normalized spacial score (nSPS) is 33.7. The van der Waals surface area contributed by atoms with Crippen molar-refractivity contribution in [3.05, 3.63) is 0 Å². The molecule has 1 amide bonds. The molecule has 1 aliphatic rings. The molecule has 1 radical (unpaired) electrons. The number of amides is 1. The highest BCUT2D eigenvalue weighted by Gasteiger charge is 2.24. The average Bonchev–Trinajstić information content (AvgIpc) is 1.88. The fourth-order valence-electron chi connectivity index (χ4n) is 1.04. The summed E-state index contributed by atoms with van der Waals surface area (Å²) >= 11 is 0. The summed E-state index contributed by atoms with van der Waals surface area (Å²) < 4.78 is 0. The topological polar surface area (TPSA) is 77.4 Å². The molecule has 3 N–H and O–H groups in total. The Kier molecular flexibility index (Phi) is 2.24. The van der Waals surface area contributed by atoms with E-state index in [-0.39, 0.29) is 0 Å². The minimum absolute atomic E-state index is 0.394. The van der Waals surface area contributed by atoms with Crippen LogP contribution in [0.25, 0.3) is 0 Å². The van der Waals surface area contributed by atoms with Crippen molar-refractivity contribution < 1.29 is 9.90 Å². The highest BCUT2D eigenvalue weighted by Crippen LogP contribution is 2.08. The Balaban J connectivity index is 2.39. The predicted molar refractivity (Wildman–Crippen MR) is 35.2 cm³/mol.